The molecular weight excluding hydrogens is 342 g/mol. The molecule has 0 aromatic heterocycles. The van der Waals surface area contributed by atoms with Crippen LogP contribution in [-0.4, -0.2) is 42.5 Å². The number of nitrogens with one attached hydrogen (secondary N) is 1. The number of carbonyl (C=O) groups excluding carboxylic acids is 2. The molecule has 3 N–H and O–H groups in total. The number of hydrogen-bond acceptors (Lipinski definition) is 4. The third-order valence-electron chi connectivity index (χ3n) is 4.92. The number of primary amides is 1. The highest BCUT2D eigenvalue weighted by molar-refractivity contribution is 5.92. The Labute approximate surface area is 159 Å². The average Bonchev–Trinajstić information content (AvgIpc) is 3.15. The lowest BCUT2D eigenvalue weighted by Gasteiger charge is -2.24. The molecule has 27 heavy (non-hydrogen) atoms. The van der Waals surface area contributed by atoms with E-state index in [0.717, 1.165) is 19.5 Å². The lowest BCUT2D eigenvalue weighted by atomic mass is 10.1. The topological polar surface area (TPSA) is 84.7 Å². The highest BCUT2D eigenvalue weighted by Gasteiger charge is 2.27. The third kappa shape index (κ3) is 5.08. The number of benzene rings is 2. The summed E-state index contributed by atoms with van der Waals surface area (Å²) in [4.78, 5) is 25.6. The predicted octanol–water partition coefficient (Wildman–Crippen LogP) is 2.12. The second-order valence-corrected chi connectivity index (χ2v) is 6.81. The van der Waals surface area contributed by atoms with Crippen molar-refractivity contribution in [2.45, 2.75) is 25.4 Å². The Morgan fingerprint density at radius 2 is 1.89 bits per heavy atom. The van der Waals surface area contributed by atoms with E-state index in [1.165, 1.54) is 5.56 Å². The average molecular weight is 367 g/mol. The zero-order chi connectivity index (χ0) is 19.2. The Morgan fingerprint density at radius 1 is 1.19 bits per heavy atom. The highest BCUT2D eigenvalue weighted by atomic mass is 16.5. The summed E-state index contributed by atoms with van der Waals surface area (Å²) < 4.78 is 5.48. The van der Waals surface area contributed by atoms with Gasteiger partial charge in [-0.2, -0.15) is 0 Å². The zero-order valence-electron chi connectivity index (χ0n) is 15.4. The molecule has 0 saturated carbocycles. The van der Waals surface area contributed by atoms with E-state index in [9.17, 15) is 9.59 Å². The first kappa shape index (κ1) is 18.9. The van der Waals surface area contributed by atoms with E-state index >= 15 is 0 Å². The quantitative estimate of drug-likeness (QED) is 0.785. The maximum Gasteiger partial charge on any atom is 0.258 e. The minimum Gasteiger partial charge on any atom is -0.484 e. The van der Waals surface area contributed by atoms with Crippen LogP contribution in [0, 0.1) is 0 Å². The van der Waals surface area contributed by atoms with Crippen LogP contribution in [0.4, 0.5) is 0 Å². The van der Waals surface area contributed by atoms with Gasteiger partial charge in [-0.3, -0.25) is 14.5 Å². The van der Waals surface area contributed by atoms with Crippen LogP contribution in [0.15, 0.2) is 54.6 Å². The Bertz CT molecular complexity index is 777. The summed E-state index contributed by atoms with van der Waals surface area (Å²) in [6, 6.07) is 17.3. The molecule has 6 heteroatoms. The molecule has 2 atom stereocenters. The van der Waals surface area contributed by atoms with Gasteiger partial charge in [-0.25, -0.2) is 0 Å². The minimum atomic E-state index is -0.491. The lowest BCUT2D eigenvalue weighted by molar-refractivity contribution is -0.123. The largest absolute Gasteiger partial charge is 0.484 e. The summed E-state index contributed by atoms with van der Waals surface area (Å²) in [6.07, 6.45) is 0.927. The van der Waals surface area contributed by atoms with E-state index in [1.807, 2.05) is 6.07 Å². The van der Waals surface area contributed by atoms with Crippen molar-refractivity contribution in [2.75, 3.05) is 19.7 Å². The van der Waals surface area contributed by atoms with Crippen molar-refractivity contribution >= 4 is 11.8 Å². The highest BCUT2D eigenvalue weighted by Crippen LogP contribution is 2.24. The maximum absolute atomic E-state index is 12.2. The normalized spacial score (nSPS) is 18.0. The van der Waals surface area contributed by atoms with Crippen LogP contribution in [0.3, 0.4) is 0 Å². The summed E-state index contributed by atoms with van der Waals surface area (Å²) in [5, 5.41) is 3.04. The summed E-state index contributed by atoms with van der Waals surface area (Å²) in [5.41, 5.74) is 6.89. The zero-order valence-corrected chi connectivity index (χ0v) is 15.4. The number of hydrogen-bond donors (Lipinski definition) is 2. The number of nitrogens with zero attached hydrogens (tertiary/aromatic N) is 1. The molecule has 2 unspecified atom stereocenters. The molecule has 0 aliphatic carbocycles. The van der Waals surface area contributed by atoms with Crippen molar-refractivity contribution in [1.29, 1.82) is 0 Å². The predicted molar refractivity (Wildman–Crippen MR) is 103 cm³/mol. The molecule has 0 radical (unpaired) electrons. The van der Waals surface area contributed by atoms with Gasteiger partial charge >= 0.3 is 0 Å². The molecule has 2 amide bonds. The summed E-state index contributed by atoms with van der Waals surface area (Å²) in [7, 11) is 0. The van der Waals surface area contributed by atoms with E-state index in [2.05, 4.69) is 41.4 Å². The number of likely N-dealkylation sites (tertiary alicyclic amines) is 1. The Balaban J connectivity index is 1.44. The second kappa shape index (κ2) is 8.68. The SMILES string of the molecule is CC(c1ccccc1)N1CCC(NC(=O)COc2ccc(C(N)=O)cc2)C1. The van der Waals surface area contributed by atoms with Gasteiger partial charge in [-0.05, 0) is 43.2 Å². The molecule has 0 spiro atoms. The fourth-order valence-electron chi connectivity index (χ4n) is 3.33. The van der Waals surface area contributed by atoms with Crippen molar-refractivity contribution in [1.82, 2.24) is 10.2 Å². The van der Waals surface area contributed by atoms with Crippen LogP contribution in [-0.2, 0) is 4.79 Å². The Morgan fingerprint density at radius 3 is 2.56 bits per heavy atom. The first-order valence-electron chi connectivity index (χ1n) is 9.14. The summed E-state index contributed by atoms with van der Waals surface area (Å²) in [6.45, 7) is 3.92. The van der Waals surface area contributed by atoms with Crippen molar-refractivity contribution in [3.8, 4) is 5.75 Å². The lowest BCUT2D eigenvalue weighted by Crippen LogP contribution is -2.40. The van der Waals surface area contributed by atoms with Gasteiger partial charge in [0.05, 0.1) is 0 Å². The number of carbonyl (C=O) groups is 2. The smallest absolute Gasteiger partial charge is 0.258 e. The van der Waals surface area contributed by atoms with Crippen LogP contribution in [0.25, 0.3) is 0 Å². The van der Waals surface area contributed by atoms with Gasteiger partial charge in [0.2, 0.25) is 5.91 Å². The standard InChI is InChI=1S/C21H25N3O3/c1-15(16-5-3-2-4-6-16)24-12-11-18(13-24)23-20(25)14-27-19-9-7-17(8-10-19)21(22)26/h2-10,15,18H,11-14H2,1H3,(H2,22,26)(H,23,25). The fourth-order valence-corrected chi connectivity index (χ4v) is 3.33. The fraction of sp³-hybridized carbons (Fsp3) is 0.333. The van der Waals surface area contributed by atoms with E-state index in [0.29, 0.717) is 17.4 Å². The maximum atomic E-state index is 12.2. The van der Waals surface area contributed by atoms with Crippen LogP contribution >= 0.6 is 0 Å². The third-order valence-corrected chi connectivity index (χ3v) is 4.92. The van der Waals surface area contributed by atoms with Crippen molar-refractivity contribution in [3.63, 3.8) is 0 Å². The molecule has 142 valence electrons. The van der Waals surface area contributed by atoms with Gasteiger partial charge in [-0.1, -0.05) is 30.3 Å². The van der Waals surface area contributed by atoms with E-state index < -0.39 is 5.91 Å². The minimum absolute atomic E-state index is 0.0549. The molecular formula is C21H25N3O3. The van der Waals surface area contributed by atoms with Crippen LogP contribution in [0.1, 0.15) is 35.3 Å². The number of ether oxygens (including phenoxy) is 1. The van der Waals surface area contributed by atoms with E-state index in [1.54, 1.807) is 24.3 Å². The van der Waals surface area contributed by atoms with Gasteiger partial charge < -0.3 is 15.8 Å². The van der Waals surface area contributed by atoms with Gasteiger partial charge in [0.25, 0.3) is 5.91 Å². The van der Waals surface area contributed by atoms with E-state index in [-0.39, 0.29) is 18.6 Å². The van der Waals surface area contributed by atoms with Gasteiger partial charge in [0, 0.05) is 30.7 Å². The molecule has 3 rings (SSSR count). The molecule has 1 saturated heterocycles. The Hall–Kier alpha value is -2.86. The number of amides is 2. The van der Waals surface area contributed by atoms with Gasteiger partial charge in [0.15, 0.2) is 6.61 Å². The monoisotopic (exact) mass is 367 g/mol. The molecule has 1 fully saturated rings. The summed E-state index contributed by atoms with van der Waals surface area (Å²) >= 11 is 0. The first-order valence-corrected chi connectivity index (χ1v) is 9.14. The number of nitrogens with two attached hydrogens (primary N) is 1. The molecule has 1 aliphatic rings. The molecule has 1 heterocycles. The van der Waals surface area contributed by atoms with Crippen LogP contribution < -0.4 is 15.8 Å². The van der Waals surface area contributed by atoms with Crippen molar-refractivity contribution in [2.24, 2.45) is 5.73 Å². The van der Waals surface area contributed by atoms with Gasteiger partial charge in [0.1, 0.15) is 5.75 Å². The molecule has 6 nitrogen and oxygen atoms in total. The molecule has 2 aromatic carbocycles. The van der Waals surface area contributed by atoms with Crippen LogP contribution in [0.5, 0.6) is 5.75 Å². The van der Waals surface area contributed by atoms with E-state index in [4.69, 9.17) is 10.5 Å². The van der Waals surface area contributed by atoms with Crippen LogP contribution in [0.2, 0.25) is 0 Å². The van der Waals surface area contributed by atoms with Gasteiger partial charge in [-0.15, -0.1) is 0 Å². The Kier molecular flexibility index (Phi) is 6.08. The van der Waals surface area contributed by atoms with Crippen molar-refractivity contribution < 1.29 is 14.3 Å². The molecule has 0 bridgehead atoms. The van der Waals surface area contributed by atoms with Crippen molar-refractivity contribution in [3.05, 3.63) is 65.7 Å². The summed E-state index contributed by atoms with van der Waals surface area (Å²) in [5.74, 6) is -0.107. The number of rotatable bonds is 7. The first-order chi connectivity index (χ1) is 13.0. The second-order valence-electron chi connectivity index (χ2n) is 6.81. The molecule has 2 aromatic rings. The molecule has 1 aliphatic heterocycles.